The summed E-state index contributed by atoms with van der Waals surface area (Å²) >= 11 is 0. The van der Waals surface area contributed by atoms with Crippen LogP contribution in [0.15, 0.2) is 23.0 Å². The highest BCUT2D eigenvalue weighted by Gasteiger charge is 2.34. The zero-order valence-corrected chi connectivity index (χ0v) is 17.1. The molecule has 1 aliphatic heterocycles. The summed E-state index contributed by atoms with van der Waals surface area (Å²) < 4.78 is 1.74. The van der Waals surface area contributed by atoms with Crippen LogP contribution in [0, 0.1) is 0 Å². The molecule has 1 atom stereocenters. The molecular formula is C24H21N3O4. The number of fused-ring (bicyclic) bond motifs is 5. The molecule has 31 heavy (non-hydrogen) atoms. The van der Waals surface area contributed by atoms with Gasteiger partial charge in [-0.3, -0.25) is 14.4 Å². The van der Waals surface area contributed by atoms with Gasteiger partial charge in [0.1, 0.15) is 6.10 Å². The number of anilines is 1. The van der Waals surface area contributed by atoms with Crippen LogP contribution in [-0.2, 0) is 35.4 Å². The molecule has 1 amide bonds. The van der Waals surface area contributed by atoms with E-state index in [1.54, 1.807) is 22.6 Å². The molecule has 0 radical (unpaired) electrons. The van der Waals surface area contributed by atoms with Crippen molar-refractivity contribution in [2.24, 2.45) is 0 Å². The van der Waals surface area contributed by atoms with Crippen molar-refractivity contribution in [1.82, 2.24) is 9.55 Å². The van der Waals surface area contributed by atoms with Crippen molar-refractivity contribution in [3.8, 4) is 11.4 Å². The third kappa shape index (κ3) is 2.38. The first-order valence-corrected chi connectivity index (χ1v) is 10.6. The van der Waals surface area contributed by atoms with Gasteiger partial charge in [0.15, 0.2) is 5.78 Å². The van der Waals surface area contributed by atoms with Crippen LogP contribution in [-0.4, -0.2) is 33.9 Å². The summed E-state index contributed by atoms with van der Waals surface area (Å²) in [5, 5.41) is 11.5. The summed E-state index contributed by atoms with van der Waals surface area (Å²) in [5.74, 6) is -0.242. The number of hydrogen-bond donors (Lipinski definition) is 1. The number of carbonyl (C=O) groups is 2. The predicted octanol–water partition coefficient (Wildman–Crippen LogP) is 2.06. The minimum atomic E-state index is -1.24. The first-order valence-electron chi connectivity index (χ1n) is 10.6. The number of amides is 1. The highest BCUT2D eigenvalue weighted by atomic mass is 16.3. The number of ketones is 1. The maximum Gasteiger partial charge on any atom is 0.254 e. The number of aliphatic hydroxyl groups excluding tert-OH is 1. The molecule has 6 rings (SSSR count). The van der Waals surface area contributed by atoms with Gasteiger partial charge in [0, 0.05) is 35.7 Å². The van der Waals surface area contributed by atoms with Gasteiger partial charge in [0.2, 0.25) is 6.41 Å². The molecule has 0 spiro atoms. The smallest absolute Gasteiger partial charge is 0.254 e. The molecule has 2 aromatic heterocycles. The Morgan fingerprint density at radius 1 is 1.10 bits per heavy atom. The van der Waals surface area contributed by atoms with Gasteiger partial charge >= 0.3 is 0 Å². The second kappa shape index (κ2) is 6.34. The maximum absolute atomic E-state index is 13.2. The number of carbonyl (C=O) groups excluding carboxylic acids is 2. The van der Waals surface area contributed by atoms with Crippen molar-refractivity contribution in [2.75, 3.05) is 11.9 Å². The summed E-state index contributed by atoms with van der Waals surface area (Å²) in [6.45, 7) is 0.451. The van der Waals surface area contributed by atoms with Crippen molar-refractivity contribution in [3.63, 3.8) is 0 Å². The Balaban J connectivity index is 1.63. The average molecular weight is 415 g/mol. The summed E-state index contributed by atoms with van der Waals surface area (Å²) in [5.41, 5.74) is 7.38. The fraction of sp³-hybridized carbons (Fsp3) is 0.333. The van der Waals surface area contributed by atoms with Crippen molar-refractivity contribution in [3.05, 3.63) is 56.4 Å². The summed E-state index contributed by atoms with van der Waals surface area (Å²) in [4.78, 5) is 43.2. The zero-order valence-electron chi connectivity index (χ0n) is 17.1. The predicted molar refractivity (Wildman–Crippen MR) is 115 cm³/mol. The number of pyridine rings is 2. The number of rotatable bonds is 2. The number of nitrogens with zero attached hydrogens (tertiary/aromatic N) is 3. The highest BCUT2D eigenvalue weighted by Crippen LogP contribution is 2.42. The van der Waals surface area contributed by atoms with Crippen LogP contribution in [0.2, 0.25) is 0 Å². The Hall–Kier alpha value is -3.32. The molecule has 0 fully saturated rings. The van der Waals surface area contributed by atoms with E-state index < -0.39 is 6.10 Å². The molecule has 1 aromatic carbocycles. The van der Waals surface area contributed by atoms with Gasteiger partial charge in [-0.05, 0) is 60.6 Å². The minimum absolute atomic E-state index is 0.134. The van der Waals surface area contributed by atoms with E-state index in [1.807, 2.05) is 12.1 Å². The Labute approximate surface area is 177 Å². The summed E-state index contributed by atoms with van der Waals surface area (Å²) in [7, 11) is 1.76. The molecule has 1 unspecified atom stereocenters. The topological polar surface area (TPSA) is 92.5 Å². The number of aryl methyl sites for hydroxylation is 2. The zero-order chi connectivity index (χ0) is 21.4. The molecule has 3 aromatic rings. The van der Waals surface area contributed by atoms with E-state index in [0.717, 1.165) is 59.1 Å². The number of hydrogen-bond acceptors (Lipinski definition) is 5. The monoisotopic (exact) mass is 415 g/mol. The maximum atomic E-state index is 13.2. The molecule has 1 N–H and O–H groups in total. The molecule has 2 aliphatic carbocycles. The first-order chi connectivity index (χ1) is 15.0. The molecule has 156 valence electrons. The molecule has 3 heterocycles. The number of aromatic nitrogens is 2. The first kappa shape index (κ1) is 18.4. The second-order valence-electron chi connectivity index (χ2n) is 8.67. The van der Waals surface area contributed by atoms with Gasteiger partial charge in [-0.15, -0.1) is 0 Å². The quantitative estimate of drug-likeness (QED) is 0.506. The number of aliphatic hydroxyl groups is 1. The van der Waals surface area contributed by atoms with Crippen LogP contribution in [0.1, 0.15) is 46.8 Å². The lowest BCUT2D eigenvalue weighted by atomic mass is 9.85. The number of benzene rings is 1. The lowest BCUT2D eigenvalue weighted by molar-refractivity contribution is -0.128. The number of Topliss-reactive ketones (excluding diaryl/α,β-unsaturated/α-hetero) is 1. The molecule has 0 saturated carbocycles. The van der Waals surface area contributed by atoms with Gasteiger partial charge in [-0.2, -0.15) is 0 Å². The fourth-order valence-corrected chi connectivity index (χ4v) is 5.55. The molecule has 3 aliphatic rings. The highest BCUT2D eigenvalue weighted by molar-refractivity contribution is 5.96. The van der Waals surface area contributed by atoms with E-state index in [1.165, 1.54) is 5.56 Å². The van der Waals surface area contributed by atoms with E-state index in [4.69, 9.17) is 4.98 Å². The largest absolute Gasteiger partial charge is 0.381 e. The van der Waals surface area contributed by atoms with Gasteiger partial charge in [0.05, 0.1) is 23.4 Å². The molecular weight excluding hydrogens is 394 g/mol. The van der Waals surface area contributed by atoms with E-state index >= 15 is 0 Å². The van der Waals surface area contributed by atoms with Crippen LogP contribution in [0.25, 0.3) is 22.3 Å². The van der Waals surface area contributed by atoms with Gasteiger partial charge in [0.25, 0.3) is 5.56 Å². The van der Waals surface area contributed by atoms with E-state index in [0.29, 0.717) is 29.8 Å². The normalized spacial score (nSPS) is 18.5. The fourth-order valence-electron chi connectivity index (χ4n) is 5.55. The molecule has 0 saturated heterocycles. The molecule has 0 bridgehead atoms. The lowest BCUT2D eigenvalue weighted by Gasteiger charge is -2.24. The van der Waals surface area contributed by atoms with Gasteiger partial charge < -0.3 is 14.6 Å². The van der Waals surface area contributed by atoms with Crippen LogP contribution in [0.4, 0.5) is 5.69 Å². The van der Waals surface area contributed by atoms with E-state index in [9.17, 15) is 19.5 Å². The van der Waals surface area contributed by atoms with Crippen LogP contribution >= 0.6 is 0 Å². The Morgan fingerprint density at radius 2 is 1.90 bits per heavy atom. The van der Waals surface area contributed by atoms with E-state index in [-0.39, 0.29) is 17.8 Å². The minimum Gasteiger partial charge on any atom is -0.381 e. The average Bonchev–Trinajstić information content (AvgIpc) is 3.16. The van der Waals surface area contributed by atoms with E-state index in [2.05, 4.69) is 0 Å². The second-order valence-corrected chi connectivity index (χ2v) is 8.67. The third-order valence-electron chi connectivity index (χ3n) is 7.06. The SMILES string of the molecule is CN(C=O)c1ccc2nc3c(c4c2c1CCC4)Cn1c-3cc2c(c1=O)CCC(=O)C2O. The van der Waals surface area contributed by atoms with Crippen molar-refractivity contribution < 1.29 is 14.7 Å². The van der Waals surface area contributed by atoms with Crippen molar-refractivity contribution >= 4 is 28.8 Å². The van der Waals surface area contributed by atoms with Crippen LogP contribution in [0.3, 0.4) is 0 Å². The Kier molecular flexibility index (Phi) is 3.77. The summed E-state index contributed by atoms with van der Waals surface area (Å²) in [6.07, 6.45) is 2.89. The van der Waals surface area contributed by atoms with Crippen molar-refractivity contribution in [2.45, 2.75) is 44.8 Å². The van der Waals surface area contributed by atoms with Crippen molar-refractivity contribution in [1.29, 1.82) is 0 Å². The van der Waals surface area contributed by atoms with Crippen LogP contribution < -0.4 is 10.5 Å². The molecule has 7 heteroatoms. The lowest BCUT2D eigenvalue weighted by Crippen LogP contribution is -2.31. The van der Waals surface area contributed by atoms with Crippen LogP contribution in [0.5, 0.6) is 0 Å². The third-order valence-corrected chi connectivity index (χ3v) is 7.06. The Morgan fingerprint density at radius 3 is 2.71 bits per heavy atom. The Bertz CT molecular complexity index is 1390. The van der Waals surface area contributed by atoms with Gasteiger partial charge in [-0.1, -0.05) is 0 Å². The summed E-state index contributed by atoms with van der Waals surface area (Å²) in [6, 6.07) is 5.65. The van der Waals surface area contributed by atoms with Gasteiger partial charge in [-0.25, -0.2) is 4.98 Å². The standard InChI is InChI=1S/C24H21N3O4/c1-26(11-28)18-7-6-17-21-12(3-2-4-14(18)21)16-10-27-19(22(16)25-17)9-15-13(24(27)31)5-8-20(29)23(15)30/h6-7,9,11,23,30H,2-5,8,10H2,1H3. The molecule has 7 nitrogen and oxygen atoms in total.